The molecule has 0 atom stereocenters. The molecular formula is C16H12Cl2O4. The molecule has 0 radical (unpaired) electrons. The van der Waals surface area contributed by atoms with Crippen molar-refractivity contribution in [3.63, 3.8) is 0 Å². The molecule has 0 saturated heterocycles. The van der Waals surface area contributed by atoms with Gasteiger partial charge in [0.1, 0.15) is 11.5 Å². The number of aromatic hydroxyl groups is 1. The van der Waals surface area contributed by atoms with Crippen LogP contribution in [-0.2, 0) is 4.79 Å². The molecule has 0 spiro atoms. The molecule has 4 nitrogen and oxygen atoms in total. The lowest BCUT2D eigenvalue weighted by atomic mass is 10.0. The Labute approximate surface area is 137 Å². The summed E-state index contributed by atoms with van der Waals surface area (Å²) in [6.07, 6.45) is 1.45. The quantitative estimate of drug-likeness (QED) is 0.643. The average Bonchev–Trinajstić information content (AvgIpc) is 2.48. The highest BCUT2D eigenvalue weighted by molar-refractivity contribution is 6.33. The topological polar surface area (TPSA) is 66.8 Å². The van der Waals surface area contributed by atoms with Crippen LogP contribution in [0.4, 0.5) is 0 Å². The number of ether oxygens (including phenoxy) is 1. The smallest absolute Gasteiger partial charge is 0.336 e. The van der Waals surface area contributed by atoms with Gasteiger partial charge in [-0.1, -0.05) is 35.3 Å². The van der Waals surface area contributed by atoms with Crippen LogP contribution >= 0.6 is 23.2 Å². The first kappa shape index (κ1) is 16.2. The Kier molecular flexibility index (Phi) is 4.96. The molecule has 2 N–H and O–H groups in total. The Bertz CT molecular complexity index is 754. The minimum atomic E-state index is -1.11. The number of phenolic OH excluding ortho intramolecular Hbond substituents is 1. The zero-order valence-electron chi connectivity index (χ0n) is 11.5. The van der Waals surface area contributed by atoms with Crippen LogP contribution in [0.2, 0.25) is 10.0 Å². The molecule has 0 amide bonds. The predicted molar refractivity (Wildman–Crippen MR) is 86.6 cm³/mol. The van der Waals surface area contributed by atoms with Crippen LogP contribution in [0.3, 0.4) is 0 Å². The minimum Gasteiger partial charge on any atom is -0.506 e. The summed E-state index contributed by atoms with van der Waals surface area (Å²) in [6, 6.07) is 9.15. The third kappa shape index (κ3) is 3.53. The summed E-state index contributed by atoms with van der Waals surface area (Å²) in [6.45, 7) is 0. The van der Waals surface area contributed by atoms with E-state index in [-0.39, 0.29) is 16.3 Å². The van der Waals surface area contributed by atoms with Gasteiger partial charge in [-0.15, -0.1) is 0 Å². The molecule has 0 aliphatic rings. The van der Waals surface area contributed by atoms with Gasteiger partial charge in [-0.25, -0.2) is 4.79 Å². The standard InChI is InChI=1S/C16H12Cl2O4/c1-22-15-5-3-10(8-13(15)18)11(16(20)21)6-9-2-4-14(19)12(17)7-9/h2-8,19H,1H3,(H,20,21)/b11-6-. The van der Waals surface area contributed by atoms with E-state index in [1.165, 1.54) is 31.4 Å². The van der Waals surface area contributed by atoms with Gasteiger partial charge in [-0.05, 0) is 41.5 Å². The average molecular weight is 339 g/mol. The highest BCUT2D eigenvalue weighted by atomic mass is 35.5. The lowest BCUT2D eigenvalue weighted by Gasteiger charge is -2.07. The van der Waals surface area contributed by atoms with E-state index in [0.29, 0.717) is 21.9 Å². The van der Waals surface area contributed by atoms with Gasteiger partial charge in [0.15, 0.2) is 0 Å². The number of halogens is 2. The number of methoxy groups -OCH3 is 1. The number of carbonyl (C=O) groups is 1. The summed E-state index contributed by atoms with van der Waals surface area (Å²) in [7, 11) is 1.48. The molecule has 22 heavy (non-hydrogen) atoms. The van der Waals surface area contributed by atoms with Crippen LogP contribution in [-0.4, -0.2) is 23.3 Å². The van der Waals surface area contributed by atoms with Crippen LogP contribution in [0.25, 0.3) is 11.6 Å². The Hall–Kier alpha value is -2.17. The van der Waals surface area contributed by atoms with Gasteiger partial charge >= 0.3 is 5.97 Å². The maximum atomic E-state index is 11.5. The van der Waals surface area contributed by atoms with E-state index in [1.54, 1.807) is 18.2 Å². The van der Waals surface area contributed by atoms with Crippen molar-refractivity contribution in [2.75, 3.05) is 7.11 Å². The van der Waals surface area contributed by atoms with E-state index in [2.05, 4.69) is 0 Å². The second-order valence-electron chi connectivity index (χ2n) is 4.42. The van der Waals surface area contributed by atoms with E-state index >= 15 is 0 Å². The lowest BCUT2D eigenvalue weighted by Crippen LogP contribution is -2.00. The van der Waals surface area contributed by atoms with Gasteiger partial charge in [-0.3, -0.25) is 0 Å². The first-order valence-corrected chi connectivity index (χ1v) is 6.95. The van der Waals surface area contributed by atoms with Crippen molar-refractivity contribution in [3.8, 4) is 11.5 Å². The maximum Gasteiger partial charge on any atom is 0.336 e. The minimum absolute atomic E-state index is 0.0475. The molecule has 2 rings (SSSR count). The van der Waals surface area contributed by atoms with Gasteiger partial charge in [0.05, 0.1) is 22.7 Å². The molecule has 0 saturated carbocycles. The monoisotopic (exact) mass is 338 g/mol. The summed E-state index contributed by atoms with van der Waals surface area (Å²) >= 11 is 11.9. The molecule has 0 unspecified atom stereocenters. The molecular weight excluding hydrogens is 327 g/mol. The fraction of sp³-hybridized carbons (Fsp3) is 0.0625. The van der Waals surface area contributed by atoms with E-state index in [4.69, 9.17) is 27.9 Å². The summed E-state index contributed by atoms with van der Waals surface area (Å²) in [5.41, 5.74) is 1.03. The van der Waals surface area contributed by atoms with E-state index < -0.39 is 5.97 Å². The number of hydrogen-bond donors (Lipinski definition) is 2. The van der Waals surface area contributed by atoms with E-state index in [1.807, 2.05) is 0 Å². The largest absolute Gasteiger partial charge is 0.506 e. The number of carboxylic acid groups (broad SMARTS) is 1. The van der Waals surface area contributed by atoms with Crippen LogP contribution < -0.4 is 4.74 Å². The van der Waals surface area contributed by atoms with Gasteiger partial charge in [0, 0.05) is 0 Å². The van der Waals surface area contributed by atoms with Crippen molar-refractivity contribution in [3.05, 3.63) is 57.6 Å². The fourth-order valence-electron chi connectivity index (χ4n) is 1.88. The molecule has 6 heteroatoms. The van der Waals surface area contributed by atoms with Gasteiger partial charge in [0.2, 0.25) is 0 Å². The number of rotatable bonds is 4. The number of hydrogen-bond acceptors (Lipinski definition) is 3. The third-order valence-corrected chi connectivity index (χ3v) is 3.57. The second-order valence-corrected chi connectivity index (χ2v) is 5.24. The summed E-state index contributed by atoms with van der Waals surface area (Å²) < 4.78 is 5.04. The molecule has 114 valence electrons. The van der Waals surface area contributed by atoms with Crippen LogP contribution in [0.5, 0.6) is 11.5 Å². The van der Waals surface area contributed by atoms with Crippen molar-refractivity contribution in [1.29, 1.82) is 0 Å². The molecule has 2 aromatic carbocycles. The highest BCUT2D eigenvalue weighted by Crippen LogP contribution is 2.30. The molecule has 0 bridgehead atoms. The Morgan fingerprint density at radius 1 is 1.14 bits per heavy atom. The van der Waals surface area contributed by atoms with Crippen molar-refractivity contribution in [1.82, 2.24) is 0 Å². The zero-order valence-corrected chi connectivity index (χ0v) is 13.0. The van der Waals surface area contributed by atoms with Gasteiger partial charge in [0.25, 0.3) is 0 Å². The van der Waals surface area contributed by atoms with Gasteiger partial charge in [-0.2, -0.15) is 0 Å². The number of benzene rings is 2. The maximum absolute atomic E-state index is 11.5. The normalized spacial score (nSPS) is 11.3. The zero-order chi connectivity index (χ0) is 16.3. The van der Waals surface area contributed by atoms with Crippen molar-refractivity contribution in [2.45, 2.75) is 0 Å². The molecule has 0 heterocycles. The van der Waals surface area contributed by atoms with Crippen molar-refractivity contribution < 1.29 is 19.7 Å². The molecule has 0 aromatic heterocycles. The summed E-state index contributed by atoms with van der Waals surface area (Å²) in [4.78, 5) is 11.5. The first-order chi connectivity index (χ1) is 10.4. The number of carboxylic acids is 1. The molecule has 0 fully saturated rings. The van der Waals surface area contributed by atoms with E-state index in [0.717, 1.165) is 0 Å². The lowest BCUT2D eigenvalue weighted by molar-refractivity contribution is -0.130. The molecule has 0 aliphatic heterocycles. The van der Waals surface area contributed by atoms with Crippen molar-refractivity contribution >= 4 is 40.8 Å². The Morgan fingerprint density at radius 3 is 2.41 bits per heavy atom. The molecule has 2 aromatic rings. The first-order valence-electron chi connectivity index (χ1n) is 6.20. The predicted octanol–water partition coefficient (Wildman–Crippen LogP) is 4.33. The van der Waals surface area contributed by atoms with Crippen LogP contribution in [0.15, 0.2) is 36.4 Å². The number of aliphatic carboxylic acids is 1. The van der Waals surface area contributed by atoms with E-state index in [9.17, 15) is 15.0 Å². The van der Waals surface area contributed by atoms with Crippen LogP contribution in [0, 0.1) is 0 Å². The summed E-state index contributed by atoms with van der Waals surface area (Å²) in [5.74, 6) is -0.712. The fourth-order valence-corrected chi connectivity index (χ4v) is 2.33. The third-order valence-electron chi connectivity index (χ3n) is 2.98. The second kappa shape index (κ2) is 6.73. The highest BCUT2D eigenvalue weighted by Gasteiger charge is 2.13. The number of phenols is 1. The van der Waals surface area contributed by atoms with Gasteiger partial charge < -0.3 is 14.9 Å². The van der Waals surface area contributed by atoms with Crippen molar-refractivity contribution in [2.24, 2.45) is 0 Å². The Morgan fingerprint density at radius 2 is 1.86 bits per heavy atom. The summed E-state index contributed by atoms with van der Waals surface area (Å²) in [5, 5.41) is 19.3. The molecule has 0 aliphatic carbocycles. The van der Waals surface area contributed by atoms with Crippen LogP contribution in [0.1, 0.15) is 11.1 Å². The Balaban J connectivity index is 2.50. The SMILES string of the molecule is COc1ccc(/C(=C/c2ccc(O)c(Cl)c2)C(=O)O)cc1Cl.